The largest absolute Gasteiger partial charge is 0.494 e. The Kier molecular flexibility index (Phi) is 8.34. The van der Waals surface area contributed by atoms with Gasteiger partial charge in [0.1, 0.15) is 11.5 Å². The number of hydrazone groups is 1. The molecule has 0 aromatic heterocycles. The van der Waals surface area contributed by atoms with Gasteiger partial charge in [-0.3, -0.25) is 5.43 Å². The van der Waals surface area contributed by atoms with E-state index in [1.807, 2.05) is 38.1 Å². The van der Waals surface area contributed by atoms with Crippen LogP contribution in [-0.4, -0.2) is 23.9 Å². The molecule has 32 heavy (non-hydrogen) atoms. The highest BCUT2D eigenvalue weighted by Crippen LogP contribution is 2.16. The average molecular weight is 448 g/mol. The second-order valence-electron chi connectivity index (χ2n) is 7.03. The molecule has 3 aromatic carbocycles. The number of carbonyl (C=O) groups is 1. The molecule has 7 heteroatoms. The molecule has 0 aliphatic carbocycles. The van der Waals surface area contributed by atoms with E-state index in [9.17, 15) is 4.79 Å². The number of aryl methyl sites for hydroxylation is 1. The van der Waals surface area contributed by atoms with Crippen molar-refractivity contribution in [3.05, 3.63) is 89.5 Å². The second-order valence-corrected chi connectivity index (χ2v) is 7.43. The van der Waals surface area contributed by atoms with E-state index in [0.717, 1.165) is 29.0 Å². The van der Waals surface area contributed by atoms with Crippen LogP contribution in [-0.2, 0) is 0 Å². The van der Waals surface area contributed by atoms with Crippen molar-refractivity contribution in [3.8, 4) is 11.5 Å². The van der Waals surface area contributed by atoms with E-state index in [-0.39, 0.29) is 0 Å². The lowest BCUT2D eigenvalue weighted by Crippen LogP contribution is -2.23. The molecule has 3 rings (SSSR count). The van der Waals surface area contributed by atoms with Crippen LogP contribution in [0.3, 0.4) is 0 Å². The fourth-order valence-electron chi connectivity index (χ4n) is 2.74. The highest BCUT2D eigenvalue weighted by Gasteiger charge is 2.09. The molecule has 0 atom stereocenters. The Balaban J connectivity index is 1.48. The van der Waals surface area contributed by atoms with Crippen LogP contribution in [0.15, 0.2) is 77.9 Å². The van der Waals surface area contributed by atoms with E-state index in [4.69, 9.17) is 21.7 Å². The molecule has 0 bridgehead atoms. The minimum Gasteiger partial charge on any atom is -0.494 e. The van der Waals surface area contributed by atoms with E-state index in [1.54, 1.807) is 54.7 Å². The lowest BCUT2D eigenvalue weighted by atomic mass is 10.2. The summed E-state index contributed by atoms with van der Waals surface area (Å²) in [6.07, 6.45) is 2.56. The minimum absolute atomic E-state index is 0.392. The predicted octanol–water partition coefficient (Wildman–Crippen LogP) is 5.32. The molecule has 6 nitrogen and oxygen atoms in total. The Labute approximate surface area is 193 Å². The summed E-state index contributed by atoms with van der Waals surface area (Å²) in [6, 6.07) is 21.8. The summed E-state index contributed by atoms with van der Waals surface area (Å²) in [4.78, 5) is 12.3. The van der Waals surface area contributed by atoms with E-state index < -0.39 is 5.97 Å². The highest BCUT2D eigenvalue weighted by atomic mass is 32.1. The average Bonchev–Trinajstić information content (AvgIpc) is 2.79. The topological polar surface area (TPSA) is 72.0 Å². The Morgan fingerprint density at radius 1 is 1.03 bits per heavy atom. The van der Waals surface area contributed by atoms with Gasteiger partial charge in [-0.05, 0) is 97.4 Å². The third-order valence-corrected chi connectivity index (χ3v) is 4.50. The second kappa shape index (κ2) is 11.6. The van der Waals surface area contributed by atoms with Crippen molar-refractivity contribution < 1.29 is 14.3 Å². The molecule has 0 heterocycles. The third kappa shape index (κ3) is 7.21. The Morgan fingerprint density at radius 2 is 1.75 bits per heavy atom. The fraction of sp³-hybridized carbons (Fsp3) is 0.160. The van der Waals surface area contributed by atoms with E-state index >= 15 is 0 Å². The number of esters is 1. The predicted molar refractivity (Wildman–Crippen MR) is 132 cm³/mol. The van der Waals surface area contributed by atoms with E-state index in [2.05, 4.69) is 15.8 Å². The molecule has 2 N–H and O–H groups in total. The molecule has 0 aliphatic heterocycles. The monoisotopic (exact) mass is 447 g/mol. The maximum atomic E-state index is 12.3. The zero-order valence-corrected chi connectivity index (χ0v) is 18.8. The quantitative estimate of drug-likeness (QED) is 0.160. The third-order valence-electron chi connectivity index (χ3n) is 4.31. The Hall–Kier alpha value is -3.71. The molecule has 0 saturated carbocycles. The van der Waals surface area contributed by atoms with E-state index in [1.165, 1.54) is 0 Å². The van der Waals surface area contributed by atoms with Crippen LogP contribution in [0.4, 0.5) is 5.69 Å². The number of ether oxygens (including phenoxy) is 2. The Bertz CT molecular complexity index is 1080. The fourth-order valence-corrected chi connectivity index (χ4v) is 2.91. The summed E-state index contributed by atoms with van der Waals surface area (Å²) in [5.41, 5.74) is 6.10. The van der Waals surface area contributed by atoms with Crippen molar-refractivity contribution in [2.24, 2.45) is 5.10 Å². The first-order chi connectivity index (χ1) is 15.5. The van der Waals surface area contributed by atoms with Gasteiger partial charge in [-0.15, -0.1) is 0 Å². The van der Waals surface area contributed by atoms with Gasteiger partial charge in [0.25, 0.3) is 0 Å². The van der Waals surface area contributed by atoms with Gasteiger partial charge in [0, 0.05) is 5.69 Å². The van der Waals surface area contributed by atoms with Crippen LogP contribution in [0.5, 0.6) is 11.5 Å². The smallest absolute Gasteiger partial charge is 0.343 e. The van der Waals surface area contributed by atoms with Crippen molar-refractivity contribution in [3.63, 3.8) is 0 Å². The highest BCUT2D eigenvalue weighted by molar-refractivity contribution is 7.80. The first kappa shape index (κ1) is 23.0. The number of rotatable bonds is 8. The van der Waals surface area contributed by atoms with Crippen LogP contribution < -0.4 is 20.2 Å². The summed E-state index contributed by atoms with van der Waals surface area (Å²) in [5, 5.41) is 7.59. The molecule has 0 spiro atoms. The number of thiocarbonyl (C=S) groups is 1. The number of carbonyl (C=O) groups excluding carboxylic acids is 1. The summed E-state index contributed by atoms with van der Waals surface area (Å²) >= 11 is 5.24. The Morgan fingerprint density at radius 3 is 2.44 bits per heavy atom. The maximum absolute atomic E-state index is 12.3. The standard InChI is InChI=1S/C25H25N3O3S/c1-3-15-30-22-13-9-20(10-14-22)24(29)31-23-11-7-19(8-12-23)17-26-28-25(32)27-21-6-4-5-18(2)16-21/h4-14,16-17H,3,15H2,1-2H3,(H2,27,28,32)/b26-17-. The minimum atomic E-state index is -0.428. The van der Waals surface area contributed by atoms with Crippen LogP contribution in [0, 0.1) is 6.92 Å². The molecule has 164 valence electrons. The molecular formula is C25H25N3O3S. The van der Waals surface area contributed by atoms with Gasteiger partial charge in [-0.1, -0.05) is 19.1 Å². The summed E-state index contributed by atoms with van der Waals surface area (Å²) < 4.78 is 10.9. The molecule has 0 fully saturated rings. The first-order valence-corrected chi connectivity index (χ1v) is 10.7. The number of hydrogen-bond acceptors (Lipinski definition) is 5. The van der Waals surface area contributed by atoms with E-state index in [0.29, 0.717) is 23.0 Å². The van der Waals surface area contributed by atoms with Crippen LogP contribution in [0.1, 0.15) is 34.8 Å². The first-order valence-electron chi connectivity index (χ1n) is 10.3. The van der Waals surface area contributed by atoms with Gasteiger partial charge in [0.2, 0.25) is 0 Å². The molecule has 0 unspecified atom stereocenters. The lowest BCUT2D eigenvalue weighted by Gasteiger charge is -2.08. The number of nitrogens with zero attached hydrogens (tertiary/aromatic N) is 1. The van der Waals surface area contributed by atoms with Crippen molar-refractivity contribution in [2.45, 2.75) is 20.3 Å². The van der Waals surface area contributed by atoms with Gasteiger partial charge < -0.3 is 14.8 Å². The number of benzene rings is 3. The normalized spacial score (nSPS) is 10.6. The van der Waals surface area contributed by atoms with Crippen LogP contribution in [0.25, 0.3) is 0 Å². The zero-order valence-electron chi connectivity index (χ0n) is 18.0. The molecule has 0 amide bonds. The van der Waals surface area contributed by atoms with Crippen molar-refractivity contribution >= 4 is 35.2 Å². The van der Waals surface area contributed by atoms with Crippen LogP contribution >= 0.6 is 12.2 Å². The SMILES string of the molecule is CCCOc1ccc(C(=O)Oc2ccc(/C=N\NC(=S)Nc3cccc(C)c3)cc2)cc1. The van der Waals surface area contributed by atoms with Gasteiger partial charge in [-0.25, -0.2) is 4.79 Å². The maximum Gasteiger partial charge on any atom is 0.343 e. The number of nitrogens with one attached hydrogen (secondary N) is 2. The summed E-state index contributed by atoms with van der Waals surface area (Å²) in [7, 11) is 0. The lowest BCUT2D eigenvalue weighted by molar-refractivity contribution is 0.0734. The number of anilines is 1. The molecule has 3 aromatic rings. The molecule has 0 aliphatic rings. The summed E-state index contributed by atoms with van der Waals surface area (Å²) in [5.74, 6) is 0.750. The number of hydrogen-bond donors (Lipinski definition) is 2. The van der Waals surface area contributed by atoms with Crippen molar-refractivity contribution in [2.75, 3.05) is 11.9 Å². The van der Waals surface area contributed by atoms with Crippen LogP contribution in [0.2, 0.25) is 0 Å². The molecular weight excluding hydrogens is 422 g/mol. The molecule has 0 saturated heterocycles. The summed E-state index contributed by atoms with van der Waals surface area (Å²) in [6.45, 7) is 4.70. The zero-order chi connectivity index (χ0) is 22.8. The van der Waals surface area contributed by atoms with Gasteiger partial charge in [-0.2, -0.15) is 5.10 Å². The van der Waals surface area contributed by atoms with Crippen molar-refractivity contribution in [1.82, 2.24) is 5.43 Å². The van der Waals surface area contributed by atoms with Gasteiger partial charge in [0.15, 0.2) is 5.11 Å². The molecule has 0 radical (unpaired) electrons. The van der Waals surface area contributed by atoms with Crippen molar-refractivity contribution in [1.29, 1.82) is 0 Å². The van der Waals surface area contributed by atoms with Gasteiger partial charge in [0.05, 0.1) is 18.4 Å². The van der Waals surface area contributed by atoms with Gasteiger partial charge >= 0.3 is 5.97 Å².